The predicted octanol–water partition coefficient (Wildman–Crippen LogP) is 4.62. The van der Waals surface area contributed by atoms with Crippen molar-refractivity contribution in [3.05, 3.63) is 28.2 Å². The van der Waals surface area contributed by atoms with Gasteiger partial charge in [0.2, 0.25) is 0 Å². The average Bonchev–Trinajstić information content (AvgIpc) is 2.99. The molecule has 0 aliphatic carbocycles. The maximum absolute atomic E-state index is 12.8. The molecular formula is C22H32N2O4. The van der Waals surface area contributed by atoms with Crippen molar-refractivity contribution in [3.8, 4) is 0 Å². The third-order valence-corrected chi connectivity index (χ3v) is 4.81. The Hall–Kier alpha value is -2.37. The molecule has 0 saturated carbocycles. The van der Waals surface area contributed by atoms with Crippen LogP contribution in [-0.2, 0) is 20.7 Å². The Balaban J connectivity index is 2.47. The van der Waals surface area contributed by atoms with Crippen LogP contribution in [0.25, 0.3) is 6.08 Å². The summed E-state index contributed by atoms with van der Waals surface area (Å²) in [6.45, 7) is 13.8. The van der Waals surface area contributed by atoms with Crippen LogP contribution in [0.5, 0.6) is 0 Å². The second-order valence-corrected chi connectivity index (χ2v) is 9.03. The Morgan fingerprint density at radius 3 is 2.39 bits per heavy atom. The number of aromatic amines is 1. The first-order valence-electron chi connectivity index (χ1n) is 9.62. The van der Waals surface area contributed by atoms with E-state index < -0.39 is 11.6 Å². The number of esters is 2. The molecule has 2 rings (SSSR count). The molecule has 6 heteroatoms. The van der Waals surface area contributed by atoms with Crippen LogP contribution < -0.4 is 0 Å². The highest BCUT2D eigenvalue weighted by Gasteiger charge is 2.31. The molecule has 1 aliphatic heterocycles. The van der Waals surface area contributed by atoms with Crippen molar-refractivity contribution >= 4 is 23.7 Å². The zero-order valence-electron chi connectivity index (χ0n) is 18.3. The van der Waals surface area contributed by atoms with Gasteiger partial charge in [0.25, 0.3) is 0 Å². The molecule has 2 heterocycles. The van der Waals surface area contributed by atoms with Crippen molar-refractivity contribution < 1.29 is 19.1 Å². The molecule has 0 saturated heterocycles. The molecular weight excluding hydrogens is 356 g/mol. The van der Waals surface area contributed by atoms with Gasteiger partial charge < -0.3 is 14.5 Å². The molecule has 1 aromatic rings. The summed E-state index contributed by atoms with van der Waals surface area (Å²) in [4.78, 5) is 32.3. The van der Waals surface area contributed by atoms with E-state index in [-0.39, 0.29) is 17.8 Å². The van der Waals surface area contributed by atoms with Crippen LogP contribution in [0.4, 0.5) is 0 Å². The molecule has 0 spiro atoms. The fraction of sp³-hybridized carbons (Fsp3) is 0.591. The highest BCUT2D eigenvalue weighted by molar-refractivity contribution is 5.92. The van der Waals surface area contributed by atoms with Gasteiger partial charge in [0, 0.05) is 28.9 Å². The van der Waals surface area contributed by atoms with Gasteiger partial charge in [-0.3, -0.25) is 9.79 Å². The van der Waals surface area contributed by atoms with Gasteiger partial charge in [-0.25, -0.2) is 4.79 Å². The van der Waals surface area contributed by atoms with Crippen molar-refractivity contribution in [3.63, 3.8) is 0 Å². The second kappa shape index (κ2) is 7.94. The topological polar surface area (TPSA) is 80.8 Å². The van der Waals surface area contributed by atoms with Crippen LogP contribution >= 0.6 is 0 Å². The first-order valence-corrected chi connectivity index (χ1v) is 9.62. The smallest absolute Gasteiger partial charge is 0.355 e. The number of aromatic nitrogens is 1. The number of carbonyl (C=O) groups excluding carboxylic acids is 2. The highest BCUT2D eigenvalue weighted by Crippen LogP contribution is 2.39. The van der Waals surface area contributed by atoms with Gasteiger partial charge in [-0.15, -0.1) is 0 Å². The molecule has 0 amide bonds. The van der Waals surface area contributed by atoms with Crippen LogP contribution in [0.3, 0.4) is 0 Å². The third kappa shape index (κ3) is 5.12. The Kier molecular flexibility index (Phi) is 6.21. The summed E-state index contributed by atoms with van der Waals surface area (Å²) >= 11 is 0. The van der Waals surface area contributed by atoms with E-state index in [9.17, 15) is 9.59 Å². The van der Waals surface area contributed by atoms with E-state index in [0.29, 0.717) is 12.1 Å². The zero-order valence-corrected chi connectivity index (χ0v) is 18.3. The van der Waals surface area contributed by atoms with E-state index in [4.69, 9.17) is 9.47 Å². The van der Waals surface area contributed by atoms with E-state index in [1.54, 1.807) is 0 Å². The average molecular weight is 389 g/mol. The number of nitrogens with one attached hydrogen (secondary N) is 1. The SMILES string of the molecule is COC(=O)CCc1c(C(=O)OC(C)(C)C)[nH]c(/C=C2\N=C(C)CC2(C)C)c1C. The Labute approximate surface area is 167 Å². The summed E-state index contributed by atoms with van der Waals surface area (Å²) in [7, 11) is 1.36. The van der Waals surface area contributed by atoms with Crippen molar-refractivity contribution in [2.45, 2.75) is 73.3 Å². The first kappa shape index (κ1) is 21.9. The summed E-state index contributed by atoms with van der Waals surface area (Å²) in [6.07, 6.45) is 3.51. The standard InChI is InChI=1S/C22H32N2O4/c1-13-12-22(6,7)17(23-13)11-16-14(2)15(9-10-18(25)27-8)19(24-16)20(26)28-21(3,4)5/h11,24H,9-10,12H2,1-8H3/b17-11-. The van der Waals surface area contributed by atoms with Gasteiger partial charge in [0.15, 0.2) is 0 Å². The normalized spacial score (nSPS) is 17.6. The first-order chi connectivity index (χ1) is 12.8. The fourth-order valence-electron chi connectivity index (χ4n) is 3.43. The quantitative estimate of drug-likeness (QED) is 0.747. The summed E-state index contributed by atoms with van der Waals surface area (Å²) in [5.74, 6) is -0.738. The number of nitrogens with zero attached hydrogens (tertiary/aromatic N) is 1. The van der Waals surface area contributed by atoms with Crippen molar-refractivity contribution in [1.29, 1.82) is 0 Å². The number of methoxy groups -OCH3 is 1. The lowest BCUT2D eigenvalue weighted by atomic mass is 9.86. The van der Waals surface area contributed by atoms with Crippen molar-refractivity contribution in [1.82, 2.24) is 4.98 Å². The number of allylic oxidation sites excluding steroid dienone is 1. The van der Waals surface area contributed by atoms with Crippen molar-refractivity contribution in [2.75, 3.05) is 7.11 Å². The number of hydrogen-bond acceptors (Lipinski definition) is 5. The molecule has 0 unspecified atom stereocenters. The lowest BCUT2D eigenvalue weighted by Gasteiger charge is -2.19. The molecule has 1 aromatic heterocycles. The van der Waals surface area contributed by atoms with Crippen LogP contribution in [0.15, 0.2) is 10.7 Å². The highest BCUT2D eigenvalue weighted by atomic mass is 16.6. The molecule has 28 heavy (non-hydrogen) atoms. The van der Waals surface area contributed by atoms with E-state index in [2.05, 4.69) is 23.8 Å². The third-order valence-electron chi connectivity index (χ3n) is 4.81. The maximum atomic E-state index is 12.8. The molecule has 1 aliphatic rings. The number of H-pyrrole nitrogens is 1. The monoisotopic (exact) mass is 388 g/mol. The molecule has 0 aromatic carbocycles. The lowest BCUT2D eigenvalue weighted by Crippen LogP contribution is -2.24. The molecule has 0 bridgehead atoms. The number of carbonyl (C=O) groups is 2. The second-order valence-electron chi connectivity index (χ2n) is 9.03. The molecule has 6 nitrogen and oxygen atoms in total. The number of aliphatic imine (C=N–C) groups is 1. The minimum atomic E-state index is -0.608. The van der Waals surface area contributed by atoms with Gasteiger partial charge in [-0.1, -0.05) is 13.8 Å². The van der Waals surface area contributed by atoms with Gasteiger partial charge in [-0.05, 0) is 64.7 Å². The summed E-state index contributed by atoms with van der Waals surface area (Å²) < 4.78 is 10.3. The molecule has 0 fully saturated rings. The minimum absolute atomic E-state index is 0.0557. The number of hydrogen-bond donors (Lipinski definition) is 1. The molecule has 154 valence electrons. The molecule has 0 radical (unpaired) electrons. The van der Waals surface area contributed by atoms with Gasteiger partial charge >= 0.3 is 11.9 Å². The van der Waals surface area contributed by atoms with Crippen molar-refractivity contribution in [2.24, 2.45) is 10.4 Å². The van der Waals surface area contributed by atoms with E-state index >= 15 is 0 Å². The largest absolute Gasteiger partial charge is 0.469 e. The van der Waals surface area contributed by atoms with Crippen LogP contribution in [0, 0.1) is 12.3 Å². The lowest BCUT2D eigenvalue weighted by molar-refractivity contribution is -0.140. The van der Waals surface area contributed by atoms with Crippen LogP contribution in [0.1, 0.15) is 81.7 Å². The fourth-order valence-corrected chi connectivity index (χ4v) is 3.43. The number of rotatable bonds is 5. The minimum Gasteiger partial charge on any atom is -0.469 e. The van der Waals surface area contributed by atoms with E-state index in [0.717, 1.165) is 34.7 Å². The van der Waals surface area contributed by atoms with E-state index in [1.807, 2.05) is 40.7 Å². The van der Waals surface area contributed by atoms with Crippen LogP contribution in [0.2, 0.25) is 0 Å². The summed E-state index contributed by atoms with van der Waals surface area (Å²) in [6, 6.07) is 0. The van der Waals surface area contributed by atoms with Gasteiger partial charge in [0.05, 0.1) is 7.11 Å². The summed E-state index contributed by atoms with van der Waals surface area (Å²) in [5.41, 5.74) is 4.32. The predicted molar refractivity (Wildman–Crippen MR) is 111 cm³/mol. The summed E-state index contributed by atoms with van der Waals surface area (Å²) in [5, 5.41) is 0. The van der Waals surface area contributed by atoms with Gasteiger partial charge in [0.1, 0.15) is 11.3 Å². The Bertz CT molecular complexity index is 835. The number of ether oxygens (including phenoxy) is 2. The molecule has 1 N–H and O–H groups in total. The zero-order chi connectivity index (χ0) is 21.3. The molecule has 0 atom stereocenters. The Morgan fingerprint density at radius 1 is 1.25 bits per heavy atom. The van der Waals surface area contributed by atoms with Gasteiger partial charge in [-0.2, -0.15) is 0 Å². The maximum Gasteiger partial charge on any atom is 0.355 e. The van der Waals surface area contributed by atoms with E-state index in [1.165, 1.54) is 7.11 Å². The van der Waals surface area contributed by atoms with Crippen LogP contribution in [-0.4, -0.2) is 35.3 Å². The Morgan fingerprint density at radius 2 is 1.89 bits per heavy atom.